The van der Waals surface area contributed by atoms with Crippen molar-refractivity contribution in [2.24, 2.45) is 5.92 Å². The van der Waals surface area contributed by atoms with Gasteiger partial charge < -0.3 is 5.32 Å². The van der Waals surface area contributed by atoms with Crippen LogP contribution in [0.3, 0.4) is 0 Å². The molecule has 1 heterocycles. The molecule has 1 unspecified atom stereocenters. The molecule has 0 spiro atoms. The fourth-order valence-corrected chi connectivity index (χ4v) is 4.68. The molecule has 21 heavy (non-hydrogen) atoms. The molecule has 1 saturated heterocycles. The van der Waals surface area contributed by atoms with Crippen LogP contribution in [0.4, 0.5) is 0 Å². The molecule has 4 nitrogen and oxygen atoms in total. The van der Waals surface area contributed by atoms with Gasteiger partial charge in [-0.1, -0.05) is 12.1 Å². The van der Waals surface area contributed by atoms with Gasteiger partial charge in [0.05, 0.1) is 4.90 Å². The molecule has 1 aliphatic heterocycles. The highest BCUT2D eigenvalue weighted by Crippen LogP contribution is 2.22. The molecule has 0 amide bonds. The quantitative estimate of drug-likeness (QED) is 0.842. The Morgan fingerprint density at radius 2 is 1.86 bits per heavy atom. The third-order valence-corrected chi connectivity index (χ3v) is 6.51. The second-order valence-corrected chi connectivity index (χ2v) is 8.48. The molecular weight excluding hydrogens is 304 g/mol. The van der Waals surface area contributed by atoms with Gasteiger partial charge in [0.2, 0.25) is 10.0 Å². The summed E-state index contributed by atoms with van der Waals surface area (Å²) in [6, 6.07) is 7.32. The lowest BCUT2D eigenvalue weighted by atomic mass is 10.0. The van der Waals surface area contributed by atoms with Crippen LogP contribution in [0.1, 0.15) is 31.4 Å². The lowest BCUT2D eigenvalue weighted by Crippen LogP contribution is -2.31. The van der Waals surface area contributed by atoms with Crippen LogP contribution in [0.5, 0.6) is 0 Å². The first-order valence-electron chi connectivity index (χ1n) is 7.37. The van der Waals surface area contributed by atoms with Crippen LogP contribution in [0, 0.1) is 5.92 Å². The number of hydrogen-bond donors (Lipinski definition) is 2. The molecule has 1 aromatic rings. The molecule has 0 aromatic heterocycles. The van der Waals surface area contributed by atoms with Crippen molar-refractivity contribution in [3.8, 4) is 0 Å². The summed E-state index contributed by atoms with van der Waals surface area (Å²) in [4.78, 5) is 0.347. The van der Waals surface area contributed by atoms with Crippen molar-refractivity contribution in [3.05, 3.63) is 29.8 Å². The Hall–Kier alpha value is -0.560. The zero-order valence-electron chi connectivity index (χ0n) is 12.6. The first kappa shape index (κ1) is 16.8. The molecule has 2 N–H and O–H groups in total. The fraction of sp³-hybridized carbons (Fsp3) is 0.600. The van der Waals surface area contributed by atoms with Gasteiger partial charge in [0, 0.05) is 12.6 Å². The predicted molar refractivity (Wildman–Crippen MR) is 89.2 cm³/mol. The van der Waals surface area contributed by atoms with Crippen molar-refractivity contribution in [2.75, 3.05) is 25.1 Å². The predicted octanol–water partition coefficient (Wildman–Crippen LogP) is 2.39. The third-order valence-electron chi connectivity index (χ3n) is 4.03. The van der Waals surface area contributed by atoms with Gasteiger partial charge in [-0.25, -0.2) is 13.1 Å². The zero-order chi connectivity index (χ0) is 15.3. The second kappa shape index (κ2) is 7.63. The van der Waals surface area contributed by atoms with Gasteiger partial charge in [-0.05, 0) is 61.9 Å². The van der Waals surface area contributed by atoms with Crippen LogP contribution in [0.25, 0.3) is 0 Å². The summed E-state index contributed by atoms with van der Waals surface area (Å²) in [7, 11) is -1.50. The van der Waals surface area contributed by atoms with E-state index < -0.39 is 10.0 Å². The van der Waals surface area contributed by atoms with Crippen LogP contribution in [-0.2, 0) is 10.0 Å². The number of nitrogens with one attached hydrogen (secondary N) is 2. The van der Waals surface area contributed by atoms with E-state index in [-0.39, 0.29) is 6.04 Å². The number of thioether (sulfide) groups is 1. The number of sulfonamides is 1. The van der Waals surface area contributed by atoms with Crippen LogP contribution in [0.2, 0.25) is 0 Å². The minimum atomic E-state index is -3.39. The summed E-state index contributed by atoms with van der Waals surface area (Å²) in [5, 5.41) is 3.14. The number of benzene rings is 1. The summed E-state index contributed by atoms with van der Waals surface area (Å²) in [6.07, 6.45) is 2.21. The molecule has 1 aliphatic rings. The van der Waals surface area contributed by atoms with E-state index >= 15 is 0 Å². The topological polar surface area (TPSA) is 58.2 Å². The minimum Gasteiger partial charge on any atom is -0.313 e. The average Bonchev–Trinajstić information content (AvgIpc) is 2.53. The zero-order valence-corrected chi connectivity index (χ0v) is 14.3. The second-order valence-electron chi connectivity index (χ2n) is 5.49. The molecule has 0 aliphatic carbocycles. The average molecular weight is 329 g/mol. The molecule has 0 radical (unpaired) electrons. The highest BCUT2D eigenvalue weighted by molar-refractivity contribution is 7.99. The van der Waals surface area contributed by atoms with Crippen molar-refractivity contribution in [1.29, 1.82) is 0 Å². The highest BCUT2D eigenvalue weighted by Gasteiger charge is 2.19. The Balaban J connectivity index is 1.98. The first-order chi connectivity index (χ1) is 10.0. The normalized spacial score (nSPS) is 18.6. The third kappa shape index (κ3) is 4.71. The van der Waals surface area contributed by atoms with Crippen molar-refractivity contribution in [2.45, 2.75) is 30.7 Å². The Labute approximate surface area is 132 Å². The fourth-order valence-electron chi connectivity index (χ4n) is 2.36. The molecule has 6 heteroatoms. The van der Waals surface area contributed by atoms with Crippen molar-refractivity contribution < 1.29 is 8.42 Å². The Morgan fingerprint density at radius 3 is 2.43 bits per heavy atom. The molecule has 1 atom stereocenters. The SMILES string of the molecule is CNC(C)c1ccc(S(=O)(=O)NCC2CCSCC2)cc1. The Morgan fingerprint density at radius 1 is 1.24 bits per heavy atom. The number of rotatable bonds is 6. The van der Waals surface area contributed by atoms with Gasteiger partial charge in [0.25, 0.3) is 0 Å². The lowest BCUT2D eigenvalue weighted by Gasteiger charge is -2.21. The van der Waals surface area contributed by atoms with E-state index in [2.05, 4.69) is 10.0 Å². The molecule has 2 rings (SSSR count). The maximum Gasteiger partial charge on any atom is 0.240 e. The van der Waals surface area contributed by atoms with E-state index in [0.29, 0.717) is 17.4 Å². The monoisotopic (exact) mass is 328 g/mol. The first-order valence-corrected chi connectivity index (χ1v) is 10.0. The van der Waals surface area contributed by atoms with Gasteiger partial charge in [-0.15, -0.1) is 0 Å². The molecular formula is C15H24N2O2S2. The standard InChI is InChI=1S/C15H24N2O2S2/c1-12(16-2)14-3-5-15(6-4-14)21(18,19)17-11-13-7-9-20-10-8-13/h3-6,12-13,16-17H,7-11H2,1-2H3. The summed E-state index contributed by atoms with van der Waals surface area (Å²) in [5.41, 5.74) is 1.08. The summed E-state index contributed by atoms with van der Waals surface area (Å²) < 4.78 is 27.3. The largest absolute Gasteiger partial charge is 0.313 e. The highest BCUT2D eigenvalue weighted by atomic mass is 32.2. The molecule has 1 aromatic carbocycles. The van der Waals surface area contributed by atoms with Gasteiger partial charge in [-0.3, -0.25) is 0 Å². The van der Waals surface area contributed by atoms with Gasteiger partial charge >= 0.3 is 0 Å². The van der Waals surface area contributed by atoms with E-state index in [4.69, 9.17) is 0 Å². The summed E-state index contributed by atoms with van der Waals surface area (Å²) in [5.74, 6) is 2.76. The maximum absolute atomic E-state index is 12.3. The van der Waals surface area contributed by atoms with E-state index in [1.807, 2.05) is 37.9 Å². The molecule has 1 fully saturated rings. The summed E-state index contributed by atoms with van der Waals surface area (Å²) in [6.45, 7) is 2.60. The maximum atomic E-state index is 12.3. The van der Waals surface area contributed by atoms with Crippen molar-refractivity contribution >= 4 is 21.8 Å². The Kier molecular flexibility index (Phi) is 6.10. The van der Waals surface area contributed by atoms with Gasteiger partial charge in [0.15, 0.2) is 0 Å². The van der Waals surface area contributed by atoms with Crippen LogP contribution in [0.15, 0.2) is 29.2 Å². The minimum absolute atomic E-state index is 0.217. The van der Waals surface area contributed by atoms with Crippen LogP contribution >= 0.6 is 11.8 Å². The van der Waals surface area contributed by atoms with Crippen LogP contribution < -0.4 is 10.0 Å². The smallest absolute Gasteiger partial charge is 0.240 e. The Bertz CT molecular complexity index is 537. The lowest BCUT2D eigenvalue weighted by molar-refractivity contribution is 0.476. The molecule has 0 bridgehead atoms. The molecule has 0 saturated carbocycles. The van der Waals surface area contributed by atoms with E-state index in [9.17, 15) is 8.42 Å². The van der Waals surface area contributed by atoms with E-state index in [1.165, 1.54) is 0 Å². The van der Waals surface area contributed by atoms with Crippen molar-refractivity contribution in [3.63, 3.8) is 0 Å². The van der Waals surface area contributed by atoms with E-state index in [0.717, 1.165) is 29.9 Å². The summed E-state index contributed by atoms with van der Waals surface area (Å²) >= 11 is 1.95. The number of hydrogen-bond acceptors (Lipinski definition) is 4. The van der Waals surface area contributed by atoms with Gasteiger partial charge in [-0.2, -0.15) is 11.8 Å². The van der Waals surface area contributed by atoms with Crippen molar-refractivity contribution in [1.82, 2.24) is 10.0 Å². The van der Waals surface area contributed by atoms with Crippen LogP contribution in [-0.4, -0.2) is 33.5 Å². The van der Waals surface area contributed by atoms with Gasteiger partial charge in [0.1, 0.15) is 0 Å². The molecule has 118 valence electrons. The van der Waals surface area contributed by atoms with E-state index in [1.54, 1.807) is 12.1 Å².